The minimum absolute atomic E-state index is 0.307. The van der Waals surface area contributed by atoms with Crippen LogP contribution in [0.1, 0.15) is 20.3 Å². The van der Waals surface area contributed by atoms with Gasteiger partial charge in [-0.3, -0.25) is 4.90 Å². The molecule has 1 aliphatic heterocycles. The number of benzene rings is 1. The van der Waals surface area contributed by atoms with Gasteiger partial charge >= 0.3 is 0 Å². The Hall–Kier alpha value is -1.74. The number of β-amino-alcohol motifs (C(OH)–C–C–N with tert-alkyl or cyclic N) is 1. The third-order valence-corrected chi connectivity index (χ3v) is 4.46. The standard InChI is InChI=1S/C20H30N2O3/c1-5-10-20(2,3)25-16-17(23)15-21-11-13-22(14-12-21)18-8-6-7-9-19(18)24-4/h1,6-9,17,23H,10-16H2,2-4H3/t17-/m0/s1. The smallest absolute Gasteiger partial charge is 0.142 e. The molecule has 1 N–H and O–H groups in total. The van der Waals surface area contributed by atoms with E-state index in [2.05, 4.69) is 21.8 Å². The van der Waals surface area contributed by atoms with Crippen molar-refractivity contribution in [1.82, 2.24) is 4.90 Å². The first kappa shape index (κ1) is 19.6. The van der Waals surface area contributed by atoms with E-state index in [1.165, 1.54) is 0 Å². The summed E-state index contributed by atoms with van der Waals surface area (Å²) in [5, 5.41) is 10.2. The van der Waals surface area contributed by atoms with E-state index in [4.69, 9.17) is 15.9 Å². The molecule has 1 fully saturated rings. The Morgan fingerprint density at radius 2 is 1.92 bits per heavy atom. The fraction of sp³-hybridized carbons (Fsp3) is 0.600. The highest BCUT2D eigenvalue weighted by molar-refractivity contribution is 5.58. The number of hydrogen-bond donors (Lipinski definition) is 1. The number of piperazine rings is 1. The van der Waals surface area contributed by atoms with Crippen molar-refractivity contribution in [3.63, 3.8) is 0 Å². The van der Waals surface area contributed by atoms with Crippen LogP contribution in [0.5, 0.6) is 5.75 Å². The maximum absolute atomic E-state index is 10.2. The zero-order valence-corrected chi connectivity index (χ0v) is 15.6. The number of methoxy groups -OCH3 is 1. The van der Waals surface area contributed by atoms with Crippen molar-refractivity contribution in [1.29, 1.82) is 0 Å². The molecule has 25 heavy (non-hydrogen) atoms. The predicted molar refractivity (Wildman–Crippen MR) is 101 cm³/mol. The molecule has 0 saturated carbocycles. The lowest BCUT2D eigenvalue weighted by molar-refractivity contribution is -0.0632. The van der Waals surface area contributed by atoms with Crippen LogP contribution in [-0.2, 0) is 4.74 Å². The largest absolute Gasteiger partial charge is 0.495 e. The molecule has 1 aromatic carbocycles. The molecule has 5 heteroatoms. The van der Waals surface area contributed by atoms with Crippen LogP contribution < -0.4 is 9.64 Å². The molecule has 2 rings (SSSR count). The lowest BCUT2D eigenvalue weighted by Gasteiger charge is -2.37. The van der Waals surface area contributed by atoms with Gasteiger partial charge in [-0.15, -0.1) is 12.3 Å². The minimum Gasteiger partial charge on any atom is -0.495 e. The molecule has 5 nitrogen and oxygen atoms in total. The Kier molecular flexibility index (Phi) is 7.12. The summed E-state index contributed by atoms with van der Waals surface area (Å²) in [4.78, 5) is 4.60. The second kappa shape index (κ2) is 9.10. The summed E-state index contributed by atoms with van der Waals surface area (Å²) >= 11 is 0. The molecule has 0 unspecified atom stereocenters. The first-order valence-electron chi connectivity index (χ1n) is 8.81. The Labute approximate surface area is 151 Å². The van der Waals surface area contributed by atoms with E-state index in [-0.39, 0.29) is 0 Å². The van der Waals surface area contributed by atoms with Crippen molar-refractivity contribution in [2.45, 2.75) is 32.0 Å². The summed E-state index contributed by atoms with van der Waals surface area (Å²) in [6, 6.07) is 8.09. The molecular formula is C20H30N2O3. The molecule has 0 spiro atoms. The van der Waals surface area contributed by atoms with Crippen LogP contribution in [0.3, 0.4) is 0 Å². The highest BCUT2D eigenvalue weighted by Crippen LogP contribution is 2.28. The molecular weight excluding hydrogens is 316 g/mol. The van der Waals surface area contributed by atoms with E-state index in [1.807, 2.05) is 32.0 Å². The number of para-hydroxylation sites is 2. The SMILES string of the molecule is C#CCC(C)(C)OC[C@@H](O)CN1CCN(c2ccccc2OC)CC1. The van der Waals surface area contributed by atoms with Gasteiger partial charge in [0.05, 0.1) is 31.1 Å². The number of rotatable bonds is 8. The van der Waals surface area contributed by atoms with Crippen molar-refractivity contribution in [3.8, 4) is 18.1 Å². The average Bonchev–Trinajstić information content (AvgIpc) is 2.61. The van der Waals surface area contributed by atoms with Gasteiger partial charge in [0.15, 0.2) is 0 Å². The molecule has 0 amide bonds. The molecule has 0 bridgehead atoms. The highest BCUT2D eigenvalue weighted by atomic mass is 16.5. The van der Waals surface area contributed by atoms with Crippen LogP contribution >= 0.6 is 0 Å². The lowest BCUT2D eigenvalue weighted by atomic mass is 10.1. The van der Waals surface area contributed by atoms with Crippen molar-refractivity contribution in [2.24, 2.45) is 0 Å². The van der Waals surface area contributed by atoms with Gasteiger partial charge in [-0.25, -0.2) is 0 Å². The van der Waals surface area contributed by atoms with Gasteiger partial charge in [0, 0.05) is 39.1 Å². The zero-order chi connectivity index (χ0) is 18.3. The van der Waals surface area contributed by atoms with E-state index in [0.717, 1.165) is 37.6 Å². The summed E-state index contributed by atoms with van der Waals surface area (Å²) in [6.07, 6.45) is 5.37. The molecule has 138 valence electrons. The molecule has 0 radical (unpaired) electrons. The maximum Gasteiger partial charge on any atom is 0.142 e. The number of nitrogens with zero attached hydrogens (tertiary/aromatic N) is 2. The molecule has 1 saturated heterocycles. The molecule has 0 aliphatic carbocycles. The normalized spacial score (nSPS) is 17.2. The molecule has 1 aliphatic rings. The fourth-order valence-corrected chi connectivity index (χ4v) is 3.03. The Bertz CT molecular complexity index is 575. The van der Waals surface area contributed by atoms with E-state index in [9.17, 15) is 5.11 Å². The average molecular weight is 346 g/mol. The van der Waals surface area contributed by atoms with E-state index in [1.54, 1.807) is 7.11 Å². The van der Waals surface area contributed by atoms with Crippen LogP contribution in [0.4, 0.5) is 5.69 Å². The lowest BCUT2D eigenvalue weighted by Crippen LogP contribution is -2.49. The van der Waals surface area contributed by atoms with E-state index in [0.29, 0.717) is 19.6 Å². The molecule has 1 aromatic rings. The van der Waals surface area contributed by atoms with E-state index < -0.39 is 11.7 Å². The molecule has 1 heterocycles. The maximum atomic E-state index is 10.2. The second-order valence-corrected chi connectivity index (χ2v) is 7.06. The topological polar surface area (TPSA) is 45.2 Å². The molecule has 1 atom stereocenters. The Balaban J connectivity index is 1.78. The predicted octanol–water partition coefficient (Wildman–Crippen LogP) is 2.00. The number of anilines is 1. The van der Waals surface area contributed by atoms with Gasteiger partial charge in [-0.1, -0.05) is 12.1 Å². The van der Waals surface area contributed by atoms with Crippen molar-refractivity contribution in [3.05, 3.63) is 24.3 Å². The molecule has 0 aromatic heterocycles. The number of aliphatic hydroxyl groups is 1. The summed E-state index contributed by atoms with van der Waals surface area (Å²) < 4.78 is 11.2. The number of ether oxygens (including phenoxy) is 2. The Morgan fingerprint density at radius 3 is 2.56 bits per heavy atom. The van der Waals surface area contributed by atoms with Crippen LogP contribution in [0.25, 0.3) is 0 Å². The van der Waals surface area contributed by atoms with Gasteiger partial charge in [-0.2, -0.15) is 0 Å². The van der Waals surface area contributed by atoms with Gasteiger partial charge < -0.3 is 19.5 Å². The van der Waals surface area contributed by atoms with Gasteiger partial charge in [0.25, 0.3) is 0 Å². The van der Waals surface area contributed by atoms with Crippen molar-refractivity contribution >= 4 is 5.69 Å². The van der Waals surface area contributed by atoms with Crippen LogP contribution in [0.2, 0.25) is 0 Å². The highest BCUT2D eigenvalue weighted by Gasteiger charge is 2.23. The zero-order valence-electron chi connectivity index (χ0n) is 15.6. The number of terminal acetylenes is 1. The summed E-state index contributed by atoms with van der Waals surface area (Å²) in [7, 11) is 1.70. The first-order chi connectivity index (χ1) is 11.9. The second-order valence-electron chi connectivity index (χ2n) is 7.06. The van der Waals surface area contributed by atoms with Gasteiger partial charge in [0.2, 0.25) is 0 Å². The van der Waals surface area contributed by atoms with Crippen molar-refractivity contribution in [2.75, 3.05) is 51.3 Å². The summed E-state index contributed by atoms with van der Waals surface area (Å²) in [5.74, 6) is 3.51. The summed E-state index contributed by atoms with van der Waals surface area (Å²) in [5.41, 5.74) is 0.739. The van der Waals surface area contributed by atoms with Crippen LogP contribution in [0.15, 0.2) is 24.3 Å². The Morgan fingerprint density at radius 1 is 1.24 bits per heavy atom. The van der Waals surface area contributed by atoms with Crippen LogP contribution in [-0.4, -0.2) is 68.2 Å². The number of aliphatic hydroxyl groups excluding tert-OH is 1. The fourth-order valence-electron chi connectivity index (χ4n) is 3.03. The third kappa shape index (κ3) is 5.93. The monoisotopic (exact) mass is 346 g/mol. The van der Waals surface area contributed by atoms with Gasteiger partial charge in [0.1, 0.15) is 5.75 Å². The minimum atomic E-state index is -0.505. The number of hydrogen-bond acceptors (Lipinski definition) is 5. The first-order valence-corrected chi connectivity index (χ1v) is 8.81. The quantitative estimate of drug-likeness (QED) is 0.730. The van der Waals surface area contributed by atoms with E-state index >= 15 is 0 Å². The summed E-state index contributed by atoms with van der Waals surface area (Å²) in [6.45, 7) is 8.46. The third-order valence-electron chi connectivity index (χ3n) is 4.46. The van der Waals surface area contributed by atoms with Gasteiger partial charge in [-0.05, 0) is 26.0 Å². The van der Waals surface area contributed by atoms with Crippen LogP contribution in [0, 0.1) is 12.3 Å². The van der Waals surface area contributed by atoms with Crippen molar-refractivity contribution < 1.29 is 14.6 Å².